The summed E-state index contributed by atoms with van der Waals surface area (Å²) in [6.45, 7) is -0.125. The summed E-state index contributed by atoms with van der Waals surface area (Å²) in [5, 5.41) is 9.08. The number of likely N-dealkylation sites (tertiary alicyclic amines) is 1. The Hall–Kier alpha value is -0.220. The second kappa shape index (κ2) is 3.50. The quantitative estimate of drug-likeness (QED) is 0.722. The van der Waals surface area contributed by atoms with E-state index in [2.05, 4.69) is 0 Å². The van der Waals surface area contributed by atoms with Gasteiger partial charge in [-0.25, -0.2) is 8.78 Å². The van der Waals surface area contributed by atoms with E-state index in [9.17, 15) is 8.78 Å². The highest BCUT2D eigenvalue weighted by Gasteiger charge is 2.45. The van der Waals surface area contributed by atoms with Gasteiger partial charge in [-0.3, -0.25) is 4.90 Å². The third kappa shape index (κ3) is 1.57. The Kier molecular flexibility index (Phi) is 2.51. The van der Waals surface area contributed by atoms with Crippen LogP contribution in [0.4, 0.5) is 8.78 Å². The van der Waals surface area contributed by atoms with Crippen molar-refractivity contribution in [3.05, 3.63) is 0 Å². The van der Waals surface area contributed by atoms with E-state index < -0.39 is 6.43 Å². The van der Waals surface area contributed by atoms with Crippen molar-refractivity contribution in [3.63, 3.8) is 0 Å². The van der Waals surface area contributed by atoms with Crippen LogP contribution in [0.15, 0.2) is 0 Å². The fourth-order valence-corrected chi connectivity index (χ4v) is 2.88. The number of rotatable bonds is 3. The van der Waals surface area contributed by atoms with E-state index in [-0.39, 0.29) is 19.2 Å². The van der Waals surface area contributed by atoms with Gasteiger partial charge in [-0.2, -0.15) is 0 Å². The number of hydrogen-bond acceptors (Lipinski definition) is 2. The SMILES string of the molecule is OC[C@H]1C2CCC(C2)N1CC(F)F. The van der Waals surface area contributed by atoms with Crippen LogP contribution >= 0.6 is 0 Å². The molecule has 76 valence electrons. The van der Waals surface area contributed by atoms with E-state index in [4.69, 9.17) is 5.11 Å². The average Bonchev–Trinajstić information content (AvgIpc) is 2.62. The molecule has 2 unspecified atom stereocenters. The first-order valence-electron chi connectivity index (χ1n) is 4.87. The summed E-state index contributed by atoms with van der Waals surface area (Å²) in [5.41, 5.74) is 0. The standard InChI is InChI=1S/C9H15F2NO/c10-9(11)4-12-7-2-1-6(3-7)8(12)5-13/h6-9,13H,1-5H2/t6?,7?,8-/m0/s1. The molecule has 2 fully saturated rings. The molecule has 1 aliphatic carbocycles. The summed E-state index contributed by atoms with van der Waals surface area (Å²) >= 11 is 0. The van der Waals surface area contributed by atoms with E-state index in [0.717, 1.165) is 19.3 Å². The minimum absolute atomic E-state index is 0.00718. The summed E-state index contributed by atoms with van der Waals surface area (Å²) < 4.78 is 24.4. The molecule has 13 heavy (non-hydrogen) atoms. The topological polar surface area (TPSA) is 23.5 Å². The zero-order valence-electron chi connectivity index (χ0n) is 7.50. The van der Waals surface area contributed by atoms with Crippen LogP contribution in [0.25, 0.3) is 0 Å². The Balaban J connectivity index is 2.00. The van der Waals surface area contributed by atoms with Crippen LogP contribution in [0.3, 0.4) is 0 Å². The highest BCUT2D eigenvalue weighted by Crippen LogP contribution is 2.42. The third-order valence-electron chi connectivity index (χ3n) is 3.42. The zero-order chi connectivity index (χ0) is 9.42. The van der Waals surface area contributed by atoms with E-state index in [1.54, 1.807) is 4.90 Å². The predicted molar refractivity (Wildman–Crippen MR) is 44.7 cm³/mol. The van der Waals surface area contributed by atoms with E-state index in [1.807, 2.05) is 0 Å². The Bertz CT molecular complexity index is 188. The molecule has 1 saturated heterocycles. The minimum atomic E-state index is -2.27. The van der Waals surface area contributed by atoms with Crippen molar-refractivity contribution in [2.75, 3.05) is 13.2 Å². The lowest BCUT2D eigenvalue weighted by Crippen LogP contribution is -2.45. The van der Waals surface area contributed by atoms with E-state index in [0.29, 0.717) is 12.0 Å². The number of piperidine rings is 1. The molecule has 0 amide bonds. The summed E-state index contributed by atoms with van der Waals surface area (Å²) in [7, 11) is 0. The fraction of sp³-hybridized carbons (Fsp3) is 1.00. The molecule has 1 N–H and O–H groups in total. The monoisotopic (exact) mass is 191 g/mol. The van der Waals surface area contributed by atoms with Crippen LogP contribution in [-0.4, -0.2) is 41.7 Å². The van der Waals surface area contributed by atoms with Crippen LogP contribution in [-0.2, 0) is 0 Å². The van der Waals surface area contributed by atoms with Gasteiger partial charge in [0.1, 0.15) is 0 Å². The number of aliphatic hydroxyl groups is 1. The molecule has 0 spiro atoms. The van der Waals surface area contributed by atoms with Crippen molar-refractivity contribution in [2.24, 2.45) is 5.92 Å². The van der Waals surface area contributed by atoms with Gasteiger partial charge in [0, 0.05) is 12.1 Å². The van der Waals surface area contributed by atoms with Crippen LogP contribution in [0.1, 0.15) is 19.3 Å². The summed E-state index contributed by atoms with van der Waals surface area (Å²) in [4.78, 5) is 1.80. The number of nitrogens with zero attached hydrogens (tertiary/aromatic N) is 1. The van der Waals surface area contributed by atoms with Crippen molar-refractivity contribution in [3.8, 4) is 0 Å². The zero-order valence-corrected chi connectivity index (χ0v) is 7.50. The number of halogens is 2. The summed E-state index contributed by atoms with van der Waals surface area (Å²) in [5.74, 6) is 0.466. The van der Waals surface area contributed by atoms with Gasteiger partial charge in [-0.1, -0.05) is 0 Å². The molecule has 1 heterocycles. The maximum Gasteiger partial charge on any atom is 0.251 e. The van der Waals surface area contributed by atoms with E-state index in [1.165, 1.54) is 0 Å². The Morgan fingerprint density at radius 2 is 2.15 bits per heavy atom. The highest BCUT2D eigenvalue weighted by molar-refractivity contribution is 4.99. The van der Waals surface area contributed by atoms with Gasteiger partial charge in [0.2, 0.25) is 0 Å². The van der Waals surface area contributed by atoms with Crippen LogP contribution in [0.5, 0.6) is 0 Å². The van der Waals surface area contributed by atoms with Gasteiger partial charge in [-0.05, 0) is 25.2 Å². The van der Waals surface area contributed by atoms with Crippen LogP contribution < -0.4 is 0 Å². The number of alkyl halides is 2. The first-order chi connectivity index (χ1) is 6.22. The van der Waals surface area contributed by atoms with Crippen LogP contribution in [0.2, 0.25) is 0 Å². The molecule has 2 aliphatic rings. The second-order valence-corrected chi connectivity index (χ2v) is 4.06. The smallest absolute Gasteiger partial charge is 0.251 e. The third-order valence-corrected chi connectivity index (χ3v) is 3.42. The molecule has 0 aromatic heterocycles. The number of fused-ring (bicyclic) bond motifs is 2. The van der Waals surface area contributed by atoms with Crippen molar-refractivity contribution in [1.29, 1.82) is 0 Å². The number of aliphatic hydroxyl groups excluding tert-OH is 1. The van der Waals surface area contributed by atoms with Gasteiger partial charge >= 0.3 is 0 Å². The van der Waals surface area contributed by atoms with Crippen LogP contribution in [0, 0.1) is 5.92 Å². The van der Waals surface area contributed by atoms with Gasteiger partial charge in [0.25, 0.3) is 6.43 Å². The van der Waals surface area contributed by atoms with Crippen molar-refractivity contribution < 1.29 is 13.9 Å². The van der Waals surface area contributed by atoms with Gasteiger partial charge in [0.15, 0.2) is 0 Å². The molecule has 1 aliphatic heterocycles. The maximum atomic E-state index is 12.2. The average molecular weight is 191 g/mol. The number of hydrogen-bond donors (Lipinski definition) is 1. The molecule has 1 saturated carbocycles. The molecule has 4 heteroatoms. The van der Waals surface area contributed by atoms with Gasteiger partial charge in [-0.15, -0.1) is 0 Å². The van der Waals surface area contributed by atoms with Crippen molar-refractivity contribution in [1.82, 2.24) is 4.90 Å². The molecule has 0 aromatic carbocycles. The predicted octanol–water partition coefficient (Wildman–Crippen LogP) is 1.10. The lowest BCUT2D eigenvalue weighted by Gasteiger charge is -2.33. The van der Waals surface area contributed by atoms with Crippen molar-refractivity contribution in [2.45, 2.75) is 37.8 Å². The fourth-order valence-electron chi connectivity index (χ4n) is 2.88. The molecular weight excluding hydrogens is 176 g/mol. The Morgan fingerprint density at radius 3 is 2.77 bits per heavy atom. The molecule has 0 radical (unpaired) electrons. The molecule has 3 atom stereocenters. The Labute approximate surface area is 76.5 Å². The highest BCUT2D eigenvalue weighted by atomic mass is 19.3. The second-order valence-electron chi connectivity index (χ2n) is 4.06. The normalized spacial score (nSPS) is 39.2. The molecule has 0 aromatic rings. The molecular formula is C9H15F2NO. The van der Waals surface area contributed by atoms with E-state index >= 15 is 0 Å². The summed E-state index contributed by atoms with van der Waals surface area (Å²) in [6, 6.07) is 0.323. The largest absolute Gasteiger partial charge is 0.395 e. The molecule has 2 rings (SSSR count). The van der Waals surface area contributed by atoms with Gasteiger partial charge in [0.05, 0.1) is 13.2 Å². The molecule has 2 nitrogen and oxygen atoms in total. The molecule has 2 bridgehead atoms. The maximum absolute atomic E-state index is 12.2. The van der Waals surface area contributed by atoms with Gasteiger partial charge < -0.3 is 5.11 Å². The summed E-state index contributed by atoms with van der Waals surface area (Å²) in [6.07, 6.45) is 0.884. The lowest BCUT2D eigenvalue weighted by atomic mass is 9.99. The Morgan fingerprint density at radius 1 is 1.38 bits per heavy atom. The minimum Gasteiger partial charge on any atom is -0.395 e. The lowest BCUT2D eigenvalue weighted by molar-refractivity contribution is 0.0241. The first kappa shape index (κ1) is 9.34. The van der Waals surface area contributed by atoms with Crippen molar-refractivity contribution >= 4 is 0 Å². The first-order valence-corrected chi connectivity index (χ1v) is 4.87.